The predicted octanol–water partition coefficient (Wildman–Crippen LogP) is 1.55. The van der Waals surface area contributed by atoms with E-state index in [1.54, 1.807) is 0 Å². The Morgan fingerprint density at radius 2 is 2.06 bits per heavy atom. The lowest BCUT2D eigenvalue weighted by molar-refractivity contribution is 0.242. The normalized spacial score (nSPS) is 23.2. The van der Waals surface area contributed by atoms with E-state index in [4.69, 9.17) is 5.73 Å². The number of hydrogen-bond donors (Lipinski definition) is 2. The van der Waals surface area contributed by atoms with Crippen LogP contribution >= 0.6 is 24.0 Å². The van der Waals surface area contributed by atoms with Crippen molar-refractivity contribution in [1.82, 2.24) is 10.2 Å². The summed E-state index contributed by atoms with van der Waals surface area (Å²) < 4.78 is 0. The summed E-state index contributed by atoms with van der Waals surface area (Å²) in [5, 5.41) is 3.23. The molecule has 2 rings (SSSR count). The summed E-state index contributed by atoms with van der Waals surface area (Å²) in [5.41, 5.74) is 5.84. The quantitative estimate of drug-likeness (QED) is 0.448. The van der Waals surface area contributed by atoms with Crippen molar-refractivity contribution in [3.8, 4) is 0 Å². The van der Waals surface area contributed by atoms with Crippen LogP contribution in [-0.2, 0) is 0 Å². The van der Waals surface area contributed by atoms with Gasteiger partial charge in [0.25, 0.3) is 0 Å². The maximum absolute atomic E-state index is 5.84. The van der Waals surface area contributed by atoms with Crippen LogP contribution in [0.1, 0.15) is 39.0 Å². The van der Waals surface area contributed by atoms with Gasteiger partial charge in [-0.3, -0.25) is 9.89 Å². The first-order valence-corrected chi connectivity index (χ1v) is 6.60. The standard InChI is InChI=1S/C12H24N4.HI/c1-2-11(16-7-3-4-8-16)9-14-12(13)15-10-5-6-10;/h10-11H,2-9H2,1H3,(H3,13,14,15);1H. The molecule has 1 heterocycles. The van der Waals surface area contributed by atoms with E-state index in [2.05, 4.69) is 22.1 Å². The van der Waals surface area contributed by atoms with Crippen LogP contribution in [0.25, 0.3) is 0 Å². The minimum absolute atomic E-state index is 0. The van der Waals surface area contributed by atoms with Crippen LogP contribution in [0.3, 0.4) is 0 Å². The zero-order chi connectivity index (χ0) is 11.4. The van der Waals surface area contributed by atoms with Gasteiger partial charge in [0, 0.05) is 12.1 Å². The van der Waals surface area contributed by atoms with Gasteiger partial charge in [0.05, 0.1) is 6.54 Å². The molecule has 0 spiro atoms. The third-order valence-corrected chi connectivity index (χ3v) is 3.53. The Bertz CT molecular complexity index is 247. The molecule has 1 atom stereocenters. The molecule has 0 radical (unpaired) electrons. The fourth-order valence-electron chi connectivity index (χ4n) is 2.30. The summed E-state index contributed by atoms with van der Waals surface area (Å²) in [7, 11) is 0. The summed E-state index contributed by atoms with van der Waals surface area (Å²) in [6.45, 7) is 5.57. The van der Waals surface area contributed by atoms with E-state index in [0.717, 1.165) is 6.54 Å². The van der Waals surface area contributed by atoms with Gasteiger partial charge in [-0.05, 0) is 45.2 Å². The van der Waals surface area contributed by atoms with Crippen LogP contribution in [0.2, 0.25) is 0 Å². The van der Waals surface area contributed by atoms with Crippen LogP contribution in [0.5, 0.6) is 0 Å². The van der Waals surface area contributed by atoms with E-state index in [9.17, 15) is 0 Å². The second kappa shape index (κ2) is 7.41. The maximum Gasteiger partial charge on any atom is 0.188 e. The minimum atomic E-state index is 0. The van der Waals surface area contributed by atoms with Gasteiger partial charge in [-0.1, -0.05) is 6.92 Å². The fourth-order valence-corrected chi connectivity index (χ4v) is 2.30. The van der Waals surface area contributed by atoms with E-state index in [0.29, 0.717) is 18.0 Å². The average molecular weight is 352 g/mol. The van der Waals surface area contributed by atoms with Gasteiger partial charge in [-0.25, -0.2) is 0 Å². The Labute approximate surface area is 121 Å². The van der Waals surface area contributed by atoms with Crippen molar-refractivity contribution in [2.75, 3.05) is 19.6 Å². The Balaban J connectivity index is 0.00000144. The van der Waals surface area contributed by atoms with Gasteiger partial charge in [-0.2, -0.15) is 0 Å². The van der Waals surface area contributed by atoms with E-state index < -0.39 is 0 Å². The highest BCUT2D eigenvalue weighted by atomic mass is 127. The number of nitrogens with two attached hydrogens (primary N) is 1. The molecule has 1 saturated heterocycles. The number of hydrogen-bond acceptors (Lipinski definition) is 2. The highest BCUT2D eigenvalue weighted by Crippen LogP contribution is 2.18. The maximum atomic E-state index is 5.84. The molecule has 5 heteroatoms. The number of halogens is 1. The molecular formula is C12H25IN4. The fraction of sp³-hybridized carbons (Fsp3) is 0.917. The van der Waals surface area contributed by atoms with Crippen molar-refractivity contribution in [3.05, 3.63) is 0 Å². The zero-order valence-electron chi connectivity index (χ0n) is 10.7. The van der Waals surface area contributed by atoms with Gasteiger partial charge in [0.2, 0.25) is 0 Å². The van der Waals surface area contributed by atoms with Crippen molar-refractivity contribution < 1.29 is 0 Å². The highest BCUT2D eigenvalue weighted by molar-refractivity contribution is 14.0. The first-order valence-electron chi connectivity index (χ1n) is 6.60. The van der Waals surface area contributed by atoms with Crippen LogP contribution < -0.4 is 11.1 Å². The third kappa shape index (κ3) is 4.99. The molecular weight excluding hydrogens is 327 g/mol. The van der Waals surface area contributed by atoms with Crippen LogP contribution in [0.4, 0.5) is 0 Å². The third-order valence-electron chi connectivity index (χ3n) is 3.53. The van der Waals surface area contributed by atoms with Gasteiger partial charge < -0.3 is 11.1 Å². The Morgan fingerprint density at radius 1 is 1.41 bits per heavy atom. The monoisotopic (exact) mass is 352 g/mol. The van der Waals surface area contributed by atoms with Crippen molar-refractivity contribution in [2.45, 2.75) is 51.1 Å². The molecule has 0 aromatic rings. The molecule has 0 amide bonds. The summed E-state index contributed by atoms with van der Waals surface area (Å²) in [5.74, 6) is 0.639. The largest absolute Gasteiger partial charge is 0.370 e. The zero-order valence-corrected chi connectivity index (χ0v) is 13.0. The predicted molar refractivity (Wildman–Crippen MR) is 82.9 cm³/mol. The number of nitrogens with one attached hydrogen (secondary N) is 1. The lowest BCUT2D eigenvalue weighted by Gasteiger charge is -2.24. The number of nitrogens with zero attached hydrogens (tertiary/aromatic N) is 2. The van der Waals surface area contributed by atoms with E-state index in [1.165, 1.54) is 45.2 Å². The Hall–Kier alpha value is -0.0400. The molecule has 1 unspecified atom stereocenters. The van der Waals surface area contributed by atoms with Crippen molar-refractivity contribution in [3.63, 3.8) is 0 Å². The number of guanidine groups is 1. The molecule has 1 aliphatic carbocycles. The molecule has 0 aromatic heterocycles. The lowest BCUT2D eigenvalue weighted by Crippen LogP contribution is -2.38. The number of likely N-dealkylation sites (tertiary alicyclic amines) is 1. The van der Waals surface area contributed by atoms with E-state index in [-0.39, 0.29) is 24.0 Å². The minimum Gasteiger partial charge on any atom is -0.370 e. The molecule has 3 N–H and O–H groups in total. The van der Waals surface area contributed by atoms with E-state index >= 15 is 0 Å². The van der Waals surface area contributed by atoms with Crippen LogP contribution in [0, 0.1) is 0 Å². The lowest BCUT2D eigenvalue weighted by atomic mass is 10.2. The van der Waals surface area contributed by atoms with Crippen molar-refractivity contribution >= 4 is 29.9 Å². The summed E-state index contributed by atoms with van der Waals surface area (Å²) in [6, 6.07) is 1.19. The van der Waals surface area contributed by atoms with Crippen molar-refractivity contribution in [1.29, 1.82) is 0 Å². The Kier molecular flexibility index (Phi) is 6.54. The van der Waals surface area contributed by atoms with Gasteiger partial charge in [-0.15, -0.1) is 24.0 Å². The SMILES string of the molecule is CCC(CN=C(N)NC1CC1)N1CCCC1.I. The Morgan fingerprint density at radius 3 is 2.59 bits per heavy atom. The van der Waals surface area contributed by atoms with Gasteiger partial charge >= 0.3 is 0 Å². The molecule has 1 aliphatic heterocycles. The number of aliphatic imine (C=N–C) groups is 1. The first-order chi connectivity index (χ1) is 7.79. The molecule has 2 aliphatic rings. The topological polar surface area (TPSA) is 53.6 Å². The second-order valence-electron chi connectivity index (χ2n) is 4.95. The van der Waals surface area contributed by atoms with Gasteiger partial charge in [0.15, 0.2) is 5.96 Å². The number of rotatable bonds is 5. The average Bonchev–Trinajstić information content (AvgIpc) is 2.92. The molecule has 17 heavy (non-hydrogen) atoms. The molecule has 4 nitrogen and oxygen atoms in total. The summed E-state index contributed by atoms with van der Waals surface area (Å²) in [4.78, 5) is 7.01. The van der Waals surface area contributed by atoms with Crippen LogP contribution in [-0.4, -0.2) is 42.6 Å². The summed E-state index contributed by atoms with van der Waals surface area (Å²) >= 11 is 0. The van der Waals surface area contributed by atoms with E-state index in [1.807, 2.05) is 0 Å². The first kappa shape index (κ1) is 15.0. The summed E-state index contributed by atoms with van der Waals surface area (Å²) in [6.07, 6.45) is 6.35. The molecule has 0 aromatic carbocycles. The molecule has 0 bridgehead atoms. The molecule has 2 fully saturated rings. The molecule has 100 valence electrons. The smallest absolute Gasteiger partial charge is 0.188 e. The molecule has 1 saturated carbocycles. The second-order valence-corrected chi connectivity index (χ2v) is 4.95. The highest BCUT2D eigenvalue weighted by Gasteiger charge is 2.22. The van der Waals surface area contributed by atoms with Crippen LogP contribution in [0.15, 0.2) is 4.99 Å². The van der Waals surface area contributed by atoms with Gasteiger partial charge in [0.1, 0.15) is 0 Å². The van der Waals surface area contributed by atoms with Crippen molar-refractivity contribution in [2.24, 2.45) is 10.7 Å².